The smallest absolute Gasteiger partial charge is 0.343 e. The van der Waals surface area contributed by atoms with Gasteiger partial charge in [-0.15, -0.1) is 5.10 Å². The van der Waals surface area contributed by atoms with E-state index in [1.165, 1.54) is 16.3 Å². The molecule has 2 N–H and O–H groups in total. The molecule has 20 heavy (non-hydrogen) atoms. The number of hydrogen-bond donors (Lipinski definition) is 2. The summed E-state index contributed by atoms with van der Waals surface area (Å²) in [7, 11) is 1.66. The molecular weight excluding hydrogens is 278 g/mol. The number of nitrogens with zero attached hydrogens (tertiary/aromatic N) is 5. The van der Waals surface area contributed by atoms with Gasteiger partial charge in [0.1, 0.15) is 10.8 Å². The van der Waals surface area contributed by atoms with Crippen molar-refractivity contribution < 1.29 is 0 Å². The molecule has 0 bridgehead atoms. The van der Waals surface area contributed by atoms with Crippen LogP contribution in [0.1, 0.15) is 6.92 Å². The molecule has 8 nitrogen and oxygen atoms in total. The minimum atomic E-state index is -0.255. The Kier molecular flexibility index (Phi) is 3.18. The minimum Gasteiger partial charge on any atom is -0.369 e. The molecule has 0 fully saturated rings. The van der Waals surface area contributed by atoms with Gasteiger partial charge in [-0.25, -0.2) is 19.9 Å². The fourth-order valence-corrected chi connectivity index (χ4v) is 2.63. The second-order valence-electron chi connectivity index (χ2n) is 4.09. The molecule has 0 aliphatic carbocycles. The van der Waals surface area contributed by atoms with Crippen molar-refractivity contribution >= 4 is 23.2 Å². The van der Waals surface area contributed by atoms with Crippen molar-refractivity contribution in [2.45, 2.75) is 17.1 Å². The Morgan fingerprint density at radius 2 is 2.35 bits per heavy atom. The molecule has 3 rings (SSSR count). The van der Waals surface area contributed by atoms with Gasteiger partial charge in [-0.1, -0.05) is 0 Å². The Labute approximate surface area is 118 Å². The Bertz CT molecular complexity index is 803. The first-order chi connectivity index (χ1) is 9.69. The molecule has 0 radical (unpaired) electrons. The fourth-order valence-electron chi connectivity index (χ4n) is 1.75. The second kappa shape index (κ2) is 5.00. The molecule has 0 aromatic carbocycles. The lowest BCUT2D eigenvalue weighted by Gasteiger charge is -2.07. The SMILES string of the molecule is CCNc1cn2ccnc2c(Sc2n[nH]c(=O)n2C)n1. The number of imidazole rings is 1. The number of aromatic amines is 1. The largest absolute Gasteiger partial charge is 0.369 e. The zero-order valence-corrected chi connectivity index (χ0v) is 11.8. The quantitative estimate of drug-likeness (QED) is 0.736. The van der Waals surface area contributed by atoms with Gasteiger partial charge in [-0.05, 0) is 18.7 Å². The van der Waals surface area contributed by atoms with E-state index in [0.29, 0.717) is 10.2 Å². The first-order valence-corrected chi connectivity index (χ1v) is 6.87. The summed E-state index contributed by atoms with van der Waals surface area (Å²) in [5, 5.41) is 10.8. The molecule has 3 aromatic rings. The van der Waals surface area contributed by atoms with Crippen molar-refractivity contribution in [3.8, 4) is 0 Å². The maximum Gasteiger partial charge on any atom is 0.343 e. The zero-order chi connectivity index (χ0) is 14.1. The number of rotatable bonds is 4. The predicted molar refractivity (Wildman–Crippen MR) is 75.1 cm³/mol. The summed E-state index contributed by atoms with van der Waals surface area (Å²) in [5.41, 5.74) is 0.474. The molecule has 3 aromatic heterocycles. The summed E-state index contributed by atoms with van der Waals surface area (Å²) in [6.07, 6.45) is 5.44. The van der Waals surface area contributed by atoms with Gasteiger partial charge in [0.25, 0.3) is 0 Å². The van der Waals surface area contributed by atoms with Crippen LogP contribution in [0.4, 0.5) is 5.82 Å². The van der Waals surface area contributed by atoms with Crippen LogP contribution in [-0.2, 0) is 7.05 Å². The third-order valence-corrected chi connectivity index (χ3v) is 3.74. The minimum absolute atomic E-state index is 0.255. The van der Waals surface area contributed by atoms with Gasteiger partial charge >= 0.3 is 5.69 Å². The Morgan fingerprint density at radius 3 is 3.05 bits per heavy atom. The molecule has 0 saturated carbocycles. The summed E-state index contributed by atoms with van der Waals surface area (Å²) in [4.78, 5) is 20.2. The van der Waals surface area contributed by atoms with Crippen LogP contribution in [0.25, 0.3) is 5.65 Å². The average Bonchev–Trinajstić information content (AvgIpc) is 3.01. The normalized spacial score (nSPS) is 11.1. The van der Waals surface area contributed by atoms with Gasteiger partial charge in [-0.2, -0.15) is 0 Å². The van der Waals surface area contributed by atoms with Crippen LogP contribution in [-0.4, -0.2) is 35.7 Å². The molecule has 0 aliphatic rings. The fraction of sp³-hybridized carbons (Fsp3) is 0.273. The van der Waals surface area contributed by atoms with Crippen LogP contribution in [0.15, 0.2) is 33.6 Å². The van der Waals surface area contributed by atoms with E-state index >= 15 is 0 Å². The second-order valence-corrected chi connectivity index (χ2v) is 5.05. The van der Waals surface area contributed by atoms with E-state index in [1.54, 1.807) is 13.2 Å². The maximum atomic E-state index is 11.4. The van der Waals surface area contributed by atoms with Gasteiger partial charge < -0.3 is 9.72 Å². The van der Waals surface area contributed by atoms with Crippen molar-refractivity contribution in [2.24, 2.45) is 7.05 Å². The van der Waals surface area contributed by atoms with Crippen molar-refractivity contribution in [3.05, 3.63) is 29.1 Å². The van der Waals surface area contributed by atoms with Crippen molar-refractivity contribution in [1.29, 1.82) is 0 Å². The van der Waals surface area contributed by atoms with E-state index in [1.807, 2.05) is 23.7 Å². The van der Waals surface area contributed by atoms with Crippen LogP contribution < -0.4 is 11.0 Å². The lowest BCUT2D eigenvalue weighted by atomic mass is 10.6. The highest BCUT2D eigenvalue weighted by Crippen LogP contribution is 2.27. The van der Waals surface area contributed by atoms with Gasteiger partial charge in [0.15, 0.2) is 10.8 Å². The standard InChI is InChI=1S/C11H13N7OS/c1-3-12-7-6-18-5-4-13-8(18)9(14-7)20-11-16-15-10(19)17(11)2/h4-6,12H,3H2,1-2H3,(H,15,19). The van der Waals surface area contributed by atoms with Gasteiger partial charge in [-0.3, -0.25) is 4.57 Å². The molecule has 0 saturated heterocycles. The molecular formula is C11H13N7OS. The van der Waals surface area contributed by atoms with Crippen LogP contribution in [0.5, 0.6) is 0 Å². The van der Waals surface area contributed by atoms with Gasteiger partial charge in [0.2, 0.25) is 0 Å². The molecule has 0 amide bonds. The van der Waals surface area contributed by atoms with E-state index in [0.717, 1.165) is 18.0 Å². The number of anilines is 1. The van der Waals surface area contributed by atoms with Crippen LogP contribution in [0, 0.1) is 0 Å². The lowest BCUT2D eigenvalue weighted by Crippen LogP contribution is -2.13. The first kappa shape index (κ1) is 12.7. The Balaban J connectivity index is 2.07. The molecule has 104 valence electrons. The predicted octanol–water partition coefficient (Wildman–Crippen LogP) is 0.734. The highest BCUT2D eigenvalue weighted by atomic mass is 32.2. The summed E-state index contributed by atoms with van der Waals surface area (Å²) in [5.74, 6) is 0.751. The number of hydrogen-bond acceptors (Lipinski definition) is 6. The zero-order valence-electron chi connectivity index (χ0n) is 11.0. The highest BCUT2D eigenvalue weighted by Gasteiger charge is 2.13. The van der Waals surface area contributed by atoms with Gasteiger partial charge in [0, 0.05) is 26.0 Å². The summed E-state index contributed by atoms with van der Waals surface area (Å²) in [6, 6.07) is 0. The van der Waals surface area contributed by atoms with E-state index < -0.39 is 0 Å². The molecule has 0 atom stereocenters. The summed E-state index contributed by atoms with van der Waals surface area (Å²) < 4.78 is 3.32. The molecule has 9 heteroatoms. The Morgan fingerprint density at radius 1 is 1.50 bits per heavy atom. The average molecular weight is 291 g/mol. The molecule has 3 heterocycles. The highest BCUT2D eigenvalue weighted by molar-refractivity contribution is 7.99. The third-order valence-electron chi connectivity index (χ3n) is 2.73. The van der Waals surface area contributed by atoms with E-state index in [4.69, 9.17) is 0 Å². The van der Waals surface area contributed by atoms with Gasteiger partial charge in [0.05, 0.1) is 6.20 Å². The molecule has 0 aliphatic heterocycles. The van der Waals surface area contributed by atoms with Crippen molar-refractivity contribution in [1.82, 2.24) is 29.1 Å². The Hall–Kier alpha value is -2.29. The van der Waals surface area contributed by atoms with Crippen molar-refractivity contribution in [2.75, 3.05) is 11.9 Å². The van der Waals surface area contributed by atoms with Crippen LogP contribution in [0.3, 0.4) is 0 Å². The topological polar surface area (TPSA) is 92.9 Å². The van der Waals surface area contributed by atoms with Crippen molar-refractivity contribution in [3.63, 3.8) is 0 Å². The summed E-state index contributed by atoms with van der Waals surface area (Å²) in [6.45, 7) is 2.78. The van der Waals surface area contributed by atoms with E-state index in [-0.39, 0.29) is 5.69 Å². The lowest BCUT2D eigenvalue weighted by molar-refractivity contribution is 0.764. The van der Waals surface area contributed by atoms with E-state index in [9.17, 15) is 4.79 Å². The molecule has 0 spiro atoms. The monoisotopic (exact) mass is 291 g/mol. The maximum absolute atomic E-state index is 11.4. The molecule has 0 unspecified atom stereocenters. The summed E-state index contributed by atoms with van der Waals surface area (Å²) >= 11 is 1.30. The third kappa shape index (κ3) is 2.16. The van der Waals surface area contributed by atoms with Crippen LogP contribution in [0.2, 0.25) is 0 Å². The number of fused-ring (bicyclic) bond motifs is 1. The van der Waals surface area contributed by atoms with Crippen LogP contribution >= 0.6 is 11.8 Å². The first-order valence-electron chi connectivity index (χ1n) is 6.06. The number of nitrogens with one attached hydrogen (secondary N) is 2. The number of aromatic nitrogens is 6. The van der Waals surface area contributed by atoms with E-state index in [2.05, 4.69) is 25.5 Å². The number of H-pyrrole nitrogens is 1.